The average molecular weight is 343 g/mol. The molecule has 0 bridgehead atoms. The smallest absolute Gasteiger partial charge is 0.268 e. The number of amides is 1. The molecule has 11 heteroatoms. The largest absolute Gasteiger partial charge is 0.394 e. The van der Waals surface area contributed by atoms with Gasteiger partial charge in [0.1, 0.15) is 4.90 Å². The van der Waals surface area contributed by atoms with Crippen LogP contribution in [0.1, 0.15) is 13.3 Å². The van der Waals surface area contributed by atoms with Gasteiger partial charge in [-0.25, -0.2) is 0 Å². The molecule has 3 heterocycles. The molecular formula is C12H17N5O5S. The lowest BCUT2D eigenvalue weighted by Crippen LogP contribution is -2.51. The Balaban J connectivity index is 1.97. The van der Waals surface area contributed by atoms with Gasteiger partial charge in [-0.1, -0.05) is 11.8 Å². The van der Waals surface area contributed by atoms with Gasteiger partial charge in [0.15, 0.2) is 17.6 Å². The Kier molecular flexibility index (Phi) is 4.19. The lowest BCUT2D eigenvalue weighted by Gasteiger charge is -2.31. The van der Waals surface area contributed by atoms with Gasteiger partial charge in [-0.05, 0) is 0 Å². The number of fused-ring (bicyclic) bond motifs is 1. The van der Waals surface area contributed by atoms with E-state index < -0.39 is 29.5 Å². The molecule has 0 aliphatic carbocycles. The maximum Gasteiger partial charge on any atom is 0.268 e. The average Bonchev–Trinajstić information content (AvgIpc) is 2.99. The Labute approximate surface area is 135 Å². The number of aromatic amines is 1. The summed E-state index contributed by atoms with van der Waals surface area (Å²) in [5.74, 6) is -0.147. The van der Waals surface area contributed by atoms with Crippen LogP contribution in [0.4, 0.5) is 11.8 Å². The highest BCUT2D eigenvalue weighted by Gasteiger charge is 2.46. The van der Waals surface area contributed by atoms with Crippen molar-refractivity contribution in [3.05, 3.63) is 10.4 Å². The number of thioether (sulfide) groups is 1. The van der Waals surface area contributed by atoms with Gasteiger partial charge in [-0.15, -0.1) is 0 Å². The summed E-state index contributed by atoms with van der Waals surface area (Å²) in [4.78, 5) is 31.4. The van der Waals surface area contributed by atoms with Gasteiger partial charge in [-0.2, -0.15) is 4.98 Å². The van der Waals surface area contributed by atoms with Crippen LogP contribution in [0.5, 0.6) is 0 Å². The van der Waals surface area contributed by atoms with Crippen LogP contribution in [-0.4, -0.2) is 56.6 Å². The molecule has 23 heavy (non-hydrogen) atoms. The molecule has 2 aliphatic heterocycles. The maximum absolute atomic E-state index is 11.9. The second-order valence-electron chi connectivity index (χ2n) is 5.33. The summed E-state index contributed by atoms with van der Waals surface area (Å²) in [6.07, 6.45) is -0.881. The number of ether oxygens (including phenoxy) is 1. The summed E-state index contributed by atoms with van der Waals surface area (Å²) in [7, 11) is 0. The molecule has 2 aliphatic rings. The molecule has 1 amide bonds. The number of nitrogens with zero attached hydrogens (tertiary/aromatic N) is 2. The SMILES string of the molecule is CC(=O)N[C@@H]1C[C@@H](CO)O[C@H]1N1c2nc(N)[nH]c(=O)c2SC1O. The number of nitrogen functional groups attached to an aromatic ring is 1. The zero-order valence-electron chi connectivity index (χ0n) is 12.2. The number of carbonyl (C=O) groups is 1. The zero-order valence-corrected chi connectivity index (χ0v) is 13.0. The first kappa shape index (κ1) is 16.1. The fraction of sp³-hybridized carbons (Fsp3) is 0.583. The number of hydrogen-bond donors (Lipinski definition) is 5. The molecule has 1 fully saturated rings. The first-order chi connectivity index (χ1) is 10.9. The number of aliphatic hydroxyl groups excluding tert-OH is 2. The van der Waals surface area contributed by atoms with Gasteiger partial charge < -0.3 is 26.0 Å². The number of nitrogens with two attached hydrogens (primary N) is 1. The molecule has 0 radical (unpaired) electrons. The predicted octanol–water partition coefficient (Wildman–Crippen LogP) is -1.85. The number of aromatic nitrogens is 2. The normalized spacial score (nSPS) is 29.6. The Morgan fingerprint density at radius 1 is 1.65 bits per heavy atom. The van der Waals surface area contributed by atoms with Crippen LogP contribution in [0.3, 0.4) is 0 Å². The molecule has 6 N–H and O–H groups in total. The van der Waals surface area contributed by atoms with Gasteiger partial charge in [0.2, 0.25) is 11.9 Å². The van der Waals surface area contributed by atoms with E-state index in [1.54, 1.807) is 0 Å². The standard InChI is InChI=1S/C12H17N5O5S/c1-4(19)14-6-2-5(3-18)22-10(6)17-8-7(23-12(17)21)9(20)16-11(13)15-8/h5-6,10,12,18,21H,2-3H2,1H3,(H,14,19)(H3,13,15,16,20)/t5-,6+,10+,12?/m0/s1. The van der Waals surface area contributed by atoms with Gasteiger partial charge in [0.25, 0.3) is 5.56 Å². The van der Waals surface area contributed by atoms with Gasteiger partial charge in [-0.3, -0.25) is 19.5 Å². The zero-order chi connectivity index (χ0) is 16.7. The van der Waals surface area contributed by atoms with Crippen LogP contribution in [0.25, 0.3) is 0 Å². The first-order valence-electron chi connectivity index (χ1n) is 6.97. The molecule has 0 spiro atoms. The summed E-state index contributed by atoms with van der Waals surface area (Å²) in [6.45, 7) is 1.15. The van der Waals surface area contributed by atoms with Crippen LogP contribution >= 0.6 is 11.8 Å². The van der Waals surface area contributed by atoms with Crippen molar-refractivity contribution in [2.45, 2.75) is 42.2 Å². The molecule has 1 saturated heterocycles. The second kappa shape index (κ2) is 6.00. The summed E-state index contributed by atoms with van der Waals surface area (Å²) >= 11 is 0.916. The van der Waals surface area contributed by atoms with E-state index in [0.29, 0.717) is 6.42 Å². The number of anilines is 2. The summed E-state index contributed by atoms with van der Waals surface area (Å²) in [6, 6.07) is -0.465. The summed E-state index contributed by atoms with van der Waals surface area (Å²) < 4.78 is 5.71. The number of hydrogen-bond acceptors (Lipinski definition) is 9. The van der Waals surface area contributed by atoms with E-state index in [2.05, 4.69) is 15.3 Å². The highest BCUT2D eigenvalue weighted by Crippen LogP contribution is 2.42. The van der Waals surface area contributed by atoms with Gasteiger partial charge in [0.05, 0.1) is 18.8 Å². The molecule has 126 valence electrons. The number of H-pyrrole nitrogens is 1. The monoisotopic (exact) mass is 343 g/mol. The molecule has 10 nitrogen and oxygen atoms in total. The van der Waals surface area contributed by atoms with Crippen LogP contribution in [0.2, 0.25) is 0 Å². The Morgan fingerprint density at radius 3 is 3.04 bits per heavy atom. The minimum atomic E-state index is -1.11. The number of rotatable bonds is 3. The maximum atomic E-state index is 11.9. The second-order valence-corrected chi connectivity index (χ2v) is 6.39. The van der Waals surface area contributed by atoms with Crippen LogP contribution < -0.4 is 21.5 Å². The Hall–Kier alpha value is -1.82. The van der Waals surface area contributed by atoms with Crippen molar-refractivity contribution in [1.82, 2.24) is 15.3 Å². The van der Waals surface area contributed by atoms with Gasteiger partial charge in [0, 0.05) is 13.3 Å². The molecule has 1 aromatic heterocycles. The minimum absolute atomic E-state index is 0.0822. The number of nitrogens with one attached hydrogen (secondary N) is 2. The van der Waals surface area contributed by atoms with E-state index >= 15 is 0 Å². The molecule has 0 saturated carbocycles. The van der Waals surface area contributed by atoms with Crippen molar-refractivity contribution in [1.29, 1.82) is 0 Å². The Bertz CT molecular complexity index is 682. The van der Waals surface area contributed by atoms with Crippen molar-refractivity contribution in [2.75, 3.05) is 17.2 Å². The van der Waals surface area contributed by atoms with E-state index in [1.165, 1.54) is 11.8 Å². The highest BCUT2D eigenvalue weighted by atomic mass is 32.2. The van der Waals surface area contributed by atoms with Crippen LogP contribution in [0, 0.1) is 0 Å². The van der Waals surface area contributed by atoms with Crippen LogP contribution in [-0.2, 0) is 9.53 Å². The highest BCUT2D eigenvalue weighted by molar-refractivity contribution is 8.00. The fourth-order valence-corrected chi connectivity index (χ4v) is 3.74. The number of aliphatic hydroxyl groups is 2. The van der Waals surface area contributed by atoms with Crippen molar-refractivity contribution in [3.63, 3.8) is 0 Å². The fourth-order valence-electron chi connectivity index (χ4n) is 2.78. The van der Waals surface area contributed by atoms with E-state index in [4.69, 9.17) is 10.5 Å². The molecule has 3 rings (SSSR count). The van der Waals surface area contributed by atoms with Crippen molar-refractivity contribution in [2.24, 2.45) is 0 Å². The third-order valence-electron chi connectivity index (χ3n) is 3.64. The molecule has 4 atom stereocenters. The Morgan fingerprint density at radius 2 is 2.39 bits per heavy atom. The van der Waals surface area contributed by atoms with E-state index in [0.717, 1.165) is 11.8 Å². The molecule has 1 unspecified atom stereocenters. The molecule has 0 aromatic carbocycles. The predicted molar refractivity (Wildman–Crippen MR) is 81.6 cm³/mol. The van der Waals surface area contributed by atoms with Crippen molar-refractivity contribution in [3.8, 4) is 0 Å². The summed E-state index contributed by atoms with van der Waals surface area (Å²) in [5, 5.41) is 22.3. The summed E-state index contributed by atoms with van der Waals surface area (Å²) in [5.41, 5.74) is 4.01. The third-order valence-corrected chi connectivity index (χ3v) is 4.68. The van der Waals surface area contributed by atoms with E-state index in [-0.39, 0.29) is 29.2 Å². The lowest BCUT2D eigenvalue weighted by molar-refractivity contribution is -0.120. The van der Waals surface area contributed by atoms with Gasteiger partial charge >= 0.3 is 0 Å². The third kappa shape index (κ3) is 2.87. The minimum Gasteiger partial charge on any atom is -0.394 e. The molecular weight excluding hydrogens is 326 g/mol. The van der Waals surface area contributed by atoms with E-state index in [9.17, 15) is 19.8 Å². The topological polar surface area (TPSA) is 154 Å². The van der Waals surface area contributed by atoms with Crippen molar-refractivity contribution < 1.29 is 19.7 Å². The first-order valence-corrected chi connectivity index (χ1v) is 7.85. The molecule has 1 aromatic rings. The lowest BCUT2D eigenvalue weighted by atomic mass is 10.1. The number of carbonyl (C=O) groups excluding carboxylic acids is 1. The van der Waals surface area contributed by atoms with Crippen LogP contribution in [0.15, 0.2) is 9.69 Å². The quantitative estimate of drug-likeness (QED) is 0.425. The van der Waals surface area contributed by atoms with Crippen molar-refractivity contribution >= 4 is 29.4 Å². The van der Waals surface area contributed by atoms with E-state index in [1.807, 2.05) is 0 Å².